The predicted octanol–water partition coefficient (Wildman–Crippen LogP) is -0.540. The molecular weight excluding hydrogens is 92.1 g/mol. The maximum Gasteiger partial charge on any atom is 0.164 e. The fourth-order valence-electron chi connectivity index (χ4n) is 0.387. The van der Waals surface area contributed by atoms with Gasteiger partial charge in [0, 0.05) is 12.4 Å². The van der Waals surface area contributed by atoms with Crippen molar-refractivity contribution < 1.29 is 5.11 Å². The first-order chi connectivity index (χ1) is 3.39. The van der Waals surface area contributed by atoms with Crippen molar-refractivity contribution in [2.75, 3.05) is 6.54 Å². The Morgan fingerprint density at radius 1 is 1.57 bits per heavy atom. The molecule has 0 amide bonds. The van der Waals surface area contributed by atoms with Crippen LogP contribution in [0.5, 0.6) is 0 Å². The van der Waals surface area contributed by atoms with Gasteiger partial charge in [0.05, 0.1) is 6.54 Å². The summed E-state index contributed by atoms with van der Waals surface area (Å²) in [5.74, 6) is 0. The van der Waals surface area contributed by atoms with E-state index < -0.39 is 6.23 Å². The molecule has 0 fully saturated rings. The molecule has 1 atom stereocenters. The van der Waals surface area contributed by atoms with Gasteiger partial charge in [-0.25, -0.2) is 0 Å². The normalized spacial score (nSPS) is 28.4. The molecule has 7 heavy (non-hydrogen) atoms. The van der Waals surface area contributed by atoms with E-state index in [1.165, 1.54) is 6.21 Å². The molecule has 0 aromatic carbocycles. The lowest BCUT2D eigenvalue weighted by Crippen LogP contribution is -2.11. The molecule has 1 N–H and O–H groups in total. The number of nitrogens with zero attached hydrogens (tertiary/aromatic N) is 2. The zero-order valence-corrected chi connectivity index (χ0v) is 3.78. The average molecular weight is 98.1 g/mol. The van der Waals surface area contributed by atoms with Crippen LogP contribution in [-0.2, 0) is 0 Å². The number of aliphatic imine (C=N–C) groups is 2. The molecule has 1 unspecified atom stereocenters. The van der Waals surface area contributed by atoms with E-state index in [0.717, 1.165) is 0 Å². The van der Waals surface area contributed by atoms with Crippen LogP contribution >= 0.6 is 0 Å². The first-order valence-electron chi connectivity index (χ1n) is 2.09. The smallest absolute Gasteiger partial charge is 0.164 e. The van der Waals surface area contributed by atoms with Gasteiger partial charge in [0.2, 0.25) is 0 Å². The van der Waals surface area contributed by atoms with E-state index in [1.54, 1.807) is 6.21 Å². The van der Waals surface area contributed by atoms with Gasteiger partial charge in [0.15, 0.2) is 6.23 Å². The van der Waals surface area contributed by atoms with Crippen molar-refractivity contribution in [3.63, 3.8) is 0 Å². The predicted molar refractivity (Wildman–Crippen MR) is 27.9 cm³/mol. The van der Waals surface area contributed by atoms with Crippen LogP contribution in [0.3, 0.4) is 0 Å². The van der Waals surface area contributed by atoms with Gasteiger partial charge in [-0.2, -0.15) is 0 Å². The van der Waals surface area contributed by atoms with Crippen LogP contribution in [0.15, 0.2) is 9.98 Å². The fourth-order valence-corrected chi connectivity index (χ4v) is 0.387. The van der Waals surface area contributed by atoms with Crippen molar-refractivity contribution in [2.24, 2.45) is 9.98 Å². The van der Waals surface area contributed by atoms with Crippen molar-refractivity contribution in [2.45, 2.75) is 6.23 Å². The Kier molecular flexibility index (Phi) is 1.17. The van der Waals surface area contributed by atoms with Crippen LogP contribution in [0.25, 0.3) is 0 Å². The van der Waals surface area contributed by atoms with Crippen LogP contribution in [0, 0.1) is 0 Å². The highest BCUT2D eigenvalue weighted by molar-refractivity contribution is 6.16. The quantitative estimate of drug-likeness (QED) is 0.434. The van der Waals surface area contributed by atoms with Crippen molar-refractivity contribution in [3.05, 3.63) is 0 Å². The summed E-state index contributed by atoms with van der Waals surface area (Å²) in [4.78, 5) is 7.34. The largest absolute Gasteiger partial charge is 0.370 e. The summed E-state index contributed by atoms with van der Waals surface area (Å²) >= 11 is 0. The number of hydrogen-bond donors (Lipinski definition) is 1. The molecule has 3 heteroatoms. The topological polar surface area (TPSA) is 45.0 Å². The van der Waals surface area contributed by atoms with Gasteiger partial charge >= 0.3 is 0 Å². The Hall–Kier alpha value is -0.700. The fraction of sp³-hybridized carbons (Fsp3) is 0.500. The van der Waals surface area contributed by atoms with E-state index >= 15 is 0 Å². The highest BCUT2D eigenvalue weighted by Crippen LogP contribution is 1.86. The Balaban J connectivity index is 2.49. The summed E-state index contributed by atoms with van der Waals surface area (Å²) < 4.78 is 0. The third-order valence-electron chi connectivity index (χ3n) is 0.699. The molecule has 0 spiro atoms. The van der Waals surface area contributed by atoms with Crippen LogP contribution in [0.4, 0.5) is 0 Å². The monoisotopic (exact) mass is 98.0 g/mol. The van der Waals surface area contributed by atoms with Crippen molar-refractivity contribution in [1.82, 2.24) is 0 Å². The first kappa shape index (κ1) is 4.46. The SMILES string of the molecule is OC1CN=CC=N1. The summed E-state index contributed by atoms with van der Waals surface area (Å²) in [6, 6.07) is 0. The van der Waals surface area contributed by atoms with E-state index in [-0.39, 0.29) is 0 Å². The van der Waals surface area contributed by atoms with Crippen molar-refractivity contribution in [3.8, 4) is 0 Å². The summed E-state index contributed by atoms with van der Waals surface area (Å²) in [5, 5.41) is 8.60. The van der Waals surface area contributed by atoms with Gasteiger partial charge < -0.3 is 5.11 Å². The van der Waals surface area contributed by atoms with Gasteiger partial charge in [-0.3, -0.25) is 9.98 Å². The van der Waals surface area contributed by atoms with Gasteiger partial charge in [-0.15, -0.1) is 0 Å². The Bertz CT molecular complexity index is 108. The molecular formula is C4H6N2O. The molecule has 1 rings (SSSR count). The molecule has 0 aromatic rings. The van der Waals surface area contributed by atoms with Gasteiger partial charge in [0.25, 0.3) is 0 Å². The lowest BCUT2D eigenvalue weighted by Gasteiger charge is -2.01. The van der Waals surface area contributed by atoms with Gasteiger partial charge in [-0.05, 0) is 0 Å². The molecule has 0 bridgehead atoms. The number of aliphatic hydroxyl groups is 1. The van der Waals surface area contributed by atoms with E-state index in [1.807, 2.05) is 0 Å². The molecule has 0 saturated heterocycles. The minimum absolute atomic E-state index is 0.413. The third kappa shape index (κ3) is 1.08. The highest BCUT2D eigenvalue weighted by Gasteiger charge is 1.96. The molecule has 0 radical (unpaired) electrons. The van der Waals surface area contributed by atoms with Crippen LogP contribution in [-0.4, -0.2) is 30.3 Å². The first-order valence-corrected chi connectivity index (χ1v) is 2.09. The van der Waals surface area contributed by atoms with E-state index in [0.29, 0.717) is 6.54 Å². The summed E-state index contributed by atoms with van der Waals surface area (Å²) in [6.45, 7) is 0.413. The Morgan fingerprint density at radius 2 is 2.43 bits per heavy atom. The Morgan fingerprint density at radius 3 is 2.71 bits per heavy atom. The third-order valence-corrected chi connectivity index (χ3v) is 0.699. The summed E-state index contributed by atoms with van der Waals surface area (Å²) in [7, 11) is 0. The molecule has 1 aliphatic heterocycles. The minimum Gasteiger partial charge on any atom is -0.370 e. The minimum atomic E-state index is -0.593. The molecule has 1 aliphatic rings. The zero-order valence-electron chi connectivity index (χ0n) is 3.78. The zero-order chi connectivity index (χ0) is 5.11. The number of hydrogen-bond acceptors (Lipinski definition) is 3. The van der Waals surface area contributed by atoms with Crippen LogP contribution < -0.4 is 0 Å². The number of rotatable bonds is 0. The standard InChI is InChI=1S/C4H6N2O/c7-4-3-5-1-2-6-4/h1-2,4,7H,3H2. The Labute approximate surface area is 41.4 Å². The molecule has 38 valence electrons. The molecule has 1 heterocycles. The summed E-state index contributed by atoms with van der Waals surface area (Å²) in [6.07, 6.45) is 2.48. The van der Waals surface area contributed by atoms with Gasteiger partial charge in [0.1, 0.15) is 0 Å². The number of aliphatic hydroxyl groups excluding tert-OH is 1. The second-order valence-corrected chi connectivity index (χ2v) is 1.29. The second-order valence-electron chi connectivity index (χ2n) is 1.29. The average Bonchev–Trinajstić information content (AvgIpc) is 1.69. The molecule has 3 nitrogen and oxygen atoms in total. The highest BCUT2D eigenvalue weighted by atomic mass is 16.3. The maximum atomic E-state index is 8.60. The van der Waals surface area contributed by atoms with Gasteiger partial charge in [-0.1, -0.05) is 0 Å². The molecule has 0 aromatic heterocycles. The lowest BCUT2D eigenvalue weighted by molar-refractivity contribution is 0.194. The molecule has 0 aliphatic carbocycles. The van der Waals surface area contributed by atoms with E-state index in [2.05, 4.69) is 9.98 Å². The second kappa shape index (κ2) is 1.84. The van der Waals surface area contributed by atoms with Crippen LogP contribution in [0.2, 0.25) is 0 Å². The van der Waals surface area contributed by atoms with E-state index in [4.69, 9.17) is 5.11 Å². The van der Waals surface area contributed by atoms with Crippen molar-refractivity contribution >= 4 is 12.4 Å². The molecule has 0 saturated carbocycles. The maximum absolute atomic E-state index is 8.60. The summed E-state index contributed by atoms with van der Waals surface area (Å²) in [5.41, 5.74) is 0. The van der Waals surface area contributed by atoms with Crippen molar-refractivity contribution in [1.29, 1.82) is 0 Å². The van der Waals surface area contributed by atoms with Crippen LogP contribution in [0.1, 0.15) is 0 Å². The lowest BCUT2D eigenvalue weighted by atomic mass is 10.5. The van der Waals surface area contributed by atoms with E-state index in [9.17, 15) is 0 Å².